The predicted octanol–water partition coefficient (Wildman–Crippen LogP) is 2.92. The van der Waals surface area contributed by atoms with Crippen LogP contribution in [0.2, 0.25) is 0 Å². The molecule has 1 radical (unpaired) electrons. The number of ether oxygens (including phenoxy) is 1. The highest BCUT2D eigenvalue weighted by Crippen LogP contribution is 2.08. The lowest BCUT2D eigenvalue weighted by Gasteiger charge is -2.11. The fourth-order valence-corrected chi connectivity index (χ4v) is 1.73. The van der Waals surface area contributed by atoms with Crippen molar-refractivity contribution >= 4 is 6.29 Å². The van der Waals surface area contributed by atoms with Gasteiger partial charge in [-0.25, -0.2) is 0 Å². The summed E-state index contributed by atoms with van der Waals surface area (Å²) in [5.74, 6) is 0. The average Bonchev–Trinajstić information content (AvgIpc) is 2.45. The first-order chi connectivity index (χ1) is 8.88. The van der Waals surface area contributed by atoms with Gasteiger partial charge in [-0.3, -0.25) is 4.79 Å². The van der Waals surface area contributed by atoms with E-state index in [0.29, 0.717) is 13.0 Å². The summed E-state index contributed by atoms with van der Waals surface area (Å²) < 4.78 is 5.56. The van der Waals surface area contributed by atoms with E-state index in [9.17, 15) is 4.79 Å². The largest absolute Gasteiger partial charge is 0.365 e. The van der Waals surface area contributed by atoms with Crippen LogP contribution in [0.3, 0.4) is 0 Å². The molecular formula is C16H15O2. The highest BCUT2D eigenvalue weighted by Gasteiger charge is 2.09. The third-order valence-corrected chi connectivity index (χ3v) is 2.69. The zero-order chi connectivity index (χ0) is 12.6. The van der Waals surface area contributed by atoms with Crippen LogP contribution in [-0.4, -0.2) is 12.4 Å². The second-order valence-electron chi connectivity index (χ2n) is 4.09. The standard InChI is InChI=1S/C16H15O2/c17-12-16(11-14-7-3-1-4-8-14)18-13-15-9-5-2-6-10-15/h1-10,16H,11,13H2. The molecule has 1 unspecified atom stereocenters. The van der Waals surface area contributed by atoms with E-state index < -0.39 is 6.10 Å². The number of benzene rings is 2. The first-order valence-corrected chi connectivity index (χ1v) is 5.95. The molecule has 18 heavy (non-hydrogen) atoms. The van der Waals surface area contributed by atoms with Gasteiger partial charge in [0.1, 0.15) is 6.10 Å². The summed E-state index contributed by atoms with van der Waals surface area (Å²) in [6, 6.07) is 19.6. The third-order valence-electron chi connectivity index (χ3n) is 2.69. The van der Waals surface area contributed by atoms with E-state index in [1.807, 2.05) is 66.9 Å². The van der Waals surface area contributed by atoms with E-state index >= 15 is 0 Å². The Hall–Kier alpha value is -1.93. The summed E-state index contributed by atoms with van der Waals surface area (Å²) in [7, 11) is 0. The molecule has 0 N–H and O–H groups in total. The molecule has 2 nitrogen and oxygen atoms in total. The highest BCUT2D eigenvalue weighted by molar-refractivity contribution is 5.57. The molecule has 0 bridgehead atoms. The van der Waals surface area contributed by atoms with Crippen molar-refractivity contribution in [1.29, 1.82) is 0 Å². The molecule has 0 saturated heterocycles. The van der Waals surface area contributed by atoms with Crippen LogP contribution in [0.4, 0.5) is 0 Å². The van der Waals surface area contributed by atoms with E-state index in [1.165, 1.54) is 0 Å². The smallest absolute Gasteiger partial charge is 0.230 e. The summed E-state index contributed by atoms with van der Waals surface area (Å²) in [4.78, 5) is 10.9. The minimum Gasteiger partial charge on any atom is -0.365 e. The maximum Gasteiger partial charge on any atom is 0.230 e. The molecule has 2 rings (SSSR count). The molecule has 0 aromatic heterocycles. The van der Waals surface area contributed by atoms with Gasteiger partial charge in [-0.2, -0.15) is 0 Å². The molecule has 2 aromatic rings. The van der Waals surface area contributed by atoms with E-state index in [-0.39, 0.29) is 0 Å². The first kappa shape index (κ1) is 12.5. The third kappa shape index (κ3) is 3.82. The molecule has 0 saturated carbocycles. The zero-order valence-electron chi connectivity index (χ0n) is 10.1. The van der Waals surface area contributed by atoms with Crippen LogP contribution in [0, 0.1) is 0 Å². The molecule has 0 aliphatic carbocycles. The van der Waals surface area contributed by atoms with Crippen molar-refractivity contribution < 1.29 is 9.53 Å². The topological polar surface area (TPSA) is 26.3 Å². The molecule has 0 heterocycles. The second kappa shape index (κ2) is 6.72. The molecule has 0 amide bonds. The Bertz CT molecular complexity index is 465. The normalized spacial score (nSPS) is 12.0. The number of rotatable bonds is 6. The van der Waals surface area contributed by atoms with Gasteiger partial charge in [0.25, 0.3) is 0 Å². The molecule has 0 fully saturated rings. The van der Waals surface area contributed by atoms with Gasteiger partial charge in [0.05, 0.1) is 6.61 Å². The first-order valence-electron chi connectivity index (χ1n) is 5.95. The summed E-state index contributed by atoms with van der Waals surface area (Å²) in [6.07, 6.45) is 2.01. The van der Waals surface area contributed by atoms with Gasteiger partial charge in [0.15, 0.2) is 0 Å². The monoisotopic (exact) mass is 239 g/mol. The maximum atomic E-state index is 10.9. The Morgan fingerprint density at radius 2 is 1.44 bits per heavy atom. The Morgan fingerprint density at radius 1 is 0.889 bits per heavy atom. The van der Waals surface area contributed by atoms with E-state index in [1.54, 1.807) is 0 Å². The Morgan fingerprint density at radius 3 is 2.00 bits per heavy atom. The van der Waals surface area contributed by atoms with Crippen molar-refractivity contribution in [3.05, 3.63) is 71.8 Å². The molecule has 0 aliphatic heterocycles. The van der Waals surface area contributed by atoms with Crippen molar-refractivity contribution in [3.8, 4) is 0 Å². The maximum absolute atomic E-state index is 10.9. The fourth-order valence-electron chi connectivity index (χ4n) is 1.73. The number of hydrogen-bond acceptors (Lipinski definition) is 2. The van der Waals surface area contributed by atoms with Crippen LogP contribution >= 0.6 is 0 Å². The summed E-state index contributed by atoms with van der Waals surface area (Å²) in [6.45, 7) is 0.438. The van der Waals surface area contributed by atoms with Gasteiger partial charge < -0.3 is 4.74 Å². The van der Waals surface area contributed by atoms with Gasteiger partial charge in [-0.15, -0.1) is 0 Å². The number of carbonyl (C=O) groups excluding carboxylic acids is 1. The van der Waals surface area contributed by atoms with Gasteiger partial charge in [-0.05, 0) is 11.1 Å². The Balaban J connectivity index is 1.88. The van der Waals surface area contributed by atoms with Crippen molar-refractivity contribution in [2.45, 2.75) is 19.1 Å². The van der Waals surface area contributed by atoms with Gasteiger partial charge in [0.2, 0.25) is 6.29 Å². The lowest BCUT2D eigenvalue weighted by Crippen LogP contribution is -2.17. The molecule has 2 heteroatoms. The minimum absolute atomic E-state index is 0.438. The van der Waals surface area contributed by atoms with Crippen molar-refractivity contribution in [2.75, 3.05) is 0 Å². The minimum atomic E-state index is -0.507. The molecule has 1 atom stereocenters. The SMILES string of the molecule is O=[C]C(Cc1ccccc1)OCc1ccccc1. The lowest BCUT2D eigenvalue weighted by molar-refractivity contribution is 0.0827. The quantitative estimate of drug-likeness (QED) is 0.774. The van der Waals surface area contributed by atoms with Crippen LogP contribution in [0.15, 0.2) is 60.7 Å². The van der Waals surface area contributed by atoms with Crippen LogP contribution in [0.25, 0.3) is 0 Å². The summed E-state index contributed by atoms with van der Waals surface area (Å²) in [5, 5.41) is 0. The molecule has 2 aromatic carbocycles. The van der Waals surface area contributed by atoms with Crippen molar-refractivity contribution in [1.82, 2.24) is 0 Å². The fraction of sp³-hybridized carbons (Fsp3) is 0.188. The second-order valence-corrected chi connectivity index (χ2v) is 4.09. The Kier molecular flexibility index (Phi) is 4.68. The van der Waals surface area contributed by atoms with Gasteiger partial charge in [0, 0.05) is 6.42 Å². The van der Waals surface area contributed by atoms with E-state index in [0.717, 1.165) is 11.1 Å². The van der Waals surface area contributed by atoms with Crippen molar-refractivity contribution in [3.63, 3.8) is 0 Å². The van der Waals surface area contributed by atoms with E-state index in [4.69, 9.17) is 4.74 Å². The predicted molar refractivity (Wildman–Crippen MR) is 70.9 cm³/mol. The van der Waals surface area contributed by atoms with Crippen LogP contribution in [-0.2, 0) is 22.6 Å². The molecule has 0 aliphatic rings. The van der Waals surface area contributed by atoms with Crippen LogP contribution < -0.4 is 0 Å². The molecule has 91 valence electrons. The highest BCUT2D eigenvalue weighted by atomic mass is 16.5. The summed E-state index contributed by atoms with van der Waals surface area (Å²) in [5.41, 5.74) is 2.14. The van der Waals surface area contributed by atoms with Crippen LogP contribution in [0.1, 0.15) is 11.1 Å². The van der Waals surface area contributed by atoms with Crippen LogP contribution in [0.5, 0.6) is 0 Å². The van der Waals surface area contributed by atoms with Gasteiger partial charge in [-0.1, -0.05) is 60.7 Å². The average molecular weight is 239 g/mol. The van der Waals surface area contributed by atoms with Gasteiger partial charge >= 0.3 is 0 Å². The van der Waals surface area contributed by atoms with Crippen molar-refractivity contribution in [2.24, 2.45) is 0 Å². The Labute approximate surface area is 107 Å². The molecule has 0 spiro atoms. The zero-order valence-corrected chi connectivity index (χ0v) is 10.1. The number of hydrogen-bond donors (Lipinski definition) is 0. The summed E-state index contributed by atoms with van der Waals surface area (Å²) >= 11 is 0. The lowest BCUT2D eigenvalue weighted by atomic mass is 10.1. The molecular weight excluding hydrogens is 224 g/mol. The van der Waals surface area contributed by atoms with E-state index in [2.05, 4.69) is 0 Å².